The van der Waals surface area contributed by atoms with E-state index in [2.05, 4.69) is 10.1 Å². The highest BCUT2D eigenvalue weighted by Gasteiger charge is 2.22. The molecule has 0 atom stereocenters. The van der Waals surface area contributed by atoms with E-state index in [0.29, 0.717) is 17.3 Å². The van der Waals surface area contributed by atoms with Gasteiger partial charge in [-0.25, -0.2) is 4.39 Å². The van der Waals surface area contributed by atoms with Crippen LogP contribution in [0.4, 0.5) is 4.39 Å². The van der Waals surface area contributed by atoms with Gasteiger partial charge in [0.1, 0.15) is 5.82 Å². The van der Waals surface area contributed by atoms with Gasteiger partial charge < -0.3 is 10.3 Å². The van der Waals surface area contributed by atoms with Gasteiger partial charge in [0.2, 0.25) is 11.7 Å². The molecule has 0 saturated heterocycles. The fourth-order valence-corrected chi connectivity index (χ4v) is 1.47. The molecular formula is C12H14FN3O. The fourth-order valence-electron chi connectivity index (χ4n) is 1.47. The van der Waals surface area contributed by atoms with Gasteiger partial charge in [-0.15, -0.1) is 0 Å². The van der Waals surface area contributed by atoms with E-state index in [1.165, 1.54) is 12.1 Å². The molecule has 0 saturated carbocycles. The first-order valence-corrected chi connectivity index (χ1v) is 5.27. The van der Waals surface area contributed by atoms with Crippen LogP contribution in [0.2, 0.25) is 0 Å². The molecule has 0 unspecified atom stereocenters. The predicted octanol–water partition coefficient (Wildman–Crippen LogP) is 2.38. The number of halogens is 1. The summed E-state index contributed by atoms with van der Waals surface area (Å²) in [6.07, 6.45) is 0. The molecular weight excluding hydrogens is 221 g/mol. The molecule has 0 spiro atoms. The van der Waals surface area contributed by atoms with Crippen molar-refractivity contribution in [2.75, 3.05) is 0 Å². The number of hydrogen-bond acceptors (Lipinski definition) is 4. The normalized spacial score (nSPS) is 11.8. The van der Waals surface area contributed by atoms with Crippen molar-refractivity contribution in [1.82, 2.24) is 10.1 Å². The van der Waals surface area contributed by atoms with Gasteiger partial charge in [0.05, 0.1) is 5.54 Å². The minimum Gasteiger partial charge on any atom is -0.337 e. The molecule has 0 aliphatic rings. The summed E-state index contributed by atoms with van der Waals surface area (Å²) >= 11 is 0. The molecule has 2 rings (SSSR count). The van der Waals surface area contributed by atoms with E-state index in [0.717, 1.165) is 5.56 Å². The summed E-state index contributed by atoms with van der Waals surface area (Å²) in [6, 6.07) is 4.60. The topological polar surface area (TPSA) is 64.9 Å². The molecule has 2 N–H and O–H groups in total. The number of nitrogens with zero attached hydrogens (tertiary/aromatic N) is 2. The lowest BCUT2D eigenvalue weighted by molar-refractivity contribution is 0.312. The summed E-state index contributed by atoms with van der Waals surface area (Å²) in [6.45, 7) is 5.34. The molecule has 0 bridgehead atoms. The monoisotopic (exact) mass is 235 g/mol. The highest BCUT2D eigenvalue weighted by molar-refractivity contribution is 5.55. The van der Waals surface area contributed by atoms with Crippen LogP contribution in [0.1, 0.15) is 25.3 Å². The van der Waals surface area contributed by atoms with Crippen molar-refractivity contribution in [2.45, 2.75) is 26.3 Å². The number of benzene rings is 1. The summed E-state index contributed by atoms with van der Waals surface area (Å²) in [7, 11) is 0. The molecule has 2 aromatic rings. The van der Waals surface area contributed by atoms with Gasteiger partial charge in [0.25, 0.3) is 0 Å². The molecule has 0 radical (unpaired) electrons. The minimum absolute atomic E-state index is 0.321. The molecule has 1 aromatic heterocycles. The quantitative estimate of drug-likeness (QED) is 0.867. The van der Waals surface area contributed by atoms with E-state index in [-0.39, 0.29) is 5.82 Å². The maximum Gasteiger partial charge on any atom is 0.246 e. The van der Waals surface area contributed by atoms with Crippen molar-refractivity contribution in [3.63, 3.8) is 0 Å². The fraction of sp³-hybridized carbons (Fsp3) is 0.333. The standard InChI is InChI=1S/C12H14FN3O/c1-7-4-8(6-9(13)5-7)10-15-11(17-16-10)12(2,3)14/h4-6H,14H2,1-3H3. The maximum absolute atomic E-state index is 13.2. The second-order valence-corrected chi connectivity index (χ2v) is 4.66. The Hall–Kier alpha value is -1.75. The Kier molecular flexibility index (Phi) is 2.71. The van der Waals surface area contributed by atoms with Gasteiger partial charge in [-0.05, 0) is 44.5 Å². The molecule has 0 fully saturated rings. The second kappa shape index (κ2) is 3.92. The van der Waals surface area contributed by atoms with Gasteiger partial charge in [0, 0.05) is 5.56 Å². The third-order valence-electron chi connectivity index (χ3n) is 2.28. The molecule has 90 valence electrons. The van der Waals surface area contributed by atoms with Crippen molar-refractivity contribution in [3.05, 3.63) is 35.5 Å². The van der Waals surface area contributed by atoms with Crippen LogP contribution in [-0.4, -0.2) is 10.1 Å². The van der Waals surface area contributed by atoms with Gasteiger partial charge in [-0.3, -0.25) is 0 Å². The van der Waals surface area contributed by atoms with Crippen LogP contribution in [0.25, 0.3) is 11.4 Å². The van der Waals surface area contributed by atoms with E-state index in [4.69, 9.17) is 10.3 Å². The average Bonchev–Trinajstić information content (AvgIpc) is 2.63. The zero-order chi connectivity index (χ0) is 12.6. The van der Waals surface area contributed by atoms with Crippen LogP contribution < -0.4 is 5.73 Å². The second-order valence-electron chi connectivity index (χ2n) is 4.66. The summed E-state index contributed by atoms with van der Waals surface area (Å²) in [5.74, 6) is 0.355. The predicted molar refractivity (Wildman–Crippen MR) is 61.6 cm³/mol. The summed E-state index contributed by atoms with van der Waals surface area (Å²) in [4.78, 5) is 4.16. The Balaban J connectivity index is 2.44. The van der Waals surface area contributed by atoms with E-state index in [1.54, 1.807) is 26.8 Å². The van der Waals surface area contributed by atoms with Gasteiger partial charge in [0.15, 0.2) is 0 Å². The maximum atomic E-state index is 13.2. The van der Waals surface area contributed by atoms with E-state index in [9.17, 15) is 4.39 Å². The van der Waals surface area contributed by atoms with E-state index < -0.39 is 5.54 Å². The van der Waals surface area contributed by atoms with E-state index >= 15 is 0 Å². The van der Waals surface area contributed by atoms with Crippen LogP contribution in [0, 0.1) is 12.7 Å². The Morgan fingerprint density at radius 2 is 2.00 bits per heavy atom. The molecule has 0 aliphatic carbocycles. The number of rotatable bonds is 2. The number of aryl methyl sites for hydroxylation is 1. The van der Waals surface area contributed by atoms with Gasteiger partial charge >= 0.3 is 0 Å². The Labute approximate surface area is 98.6 Å². The lowest BCUT2D eigenvalue weighted by Crippen LogP contribution is -2.28. The molecule has 0 aliphatic heterocycles. The summed E-state index contributed by atoms with van der Waals surface area (Å²) in [5.41, 5.74) is 6.53. The number of aromatic nitrogens is 2. The lowest BCUT2D eigenvalue weighted by atomic mass is 10.1. The van der Waals surface area contributed by atoms with Crippen LogP contribution >= 0.6 is 0 Å². The lowest BCUT2D eigenvalue weighted by Gasteiger charge is -2.10. The SMILES string of the molecule is Cc1cc(F)cc(-c2noc(C(C)(C)N)n2)c1. The zero-order valence-corrected chi connectivity index (χ0v) is 9.99. The Bertz CT molecular complexity index is 523. The highest BCUT2D eigenvalue weighted by Crippen LogP contribution is 2.22. The van der Waals surface area contributed by atoms with Crippen LogP contribution in [0.3, 0.4) is 0 Å². The van der Waals surface area contributed by atoms with Crippen LogP contribution in [0.15, 0.2) is 22.7 Å². The summed E-state index contributed by atoms with van der Waals surface area (Å²) < 4.78 is 18.3. The van der Waals surface area contributed by atoms with Crippen molar-refractivity contribution in [1.29, 1.82) is 0 Å². The highest BCUT2D eigenvalue weighted by atomic mass is 19.1. The zero-order valence-electron chi connectivity index (χ0n) is 9.99. The average molecular weight is 235 g/mol. The van der Waals surface area contributed by atoms with Gasteiger partial charge in [-0.2, -0.15) is 4.98 Å². The van der Waals surface area contributed by atoms with Crippen molar-refractivity contribution >= 4 is 0 Å². The largest absolute Gasteiger partial charge is 0.337 e. The van der Waals surface area contributed by atoms with Crippen molar-refractivity contribution < 1.29 is 8.91 Å². The molecule has 5 heteroatoms. The first-order valence-electron chi connectivity index (χ1n) is 5.27. The third kappa shape index (κ3) is 2.50. The summed E-state index contributed by atoms with van der Waals surface area (Å²) in [5, 5.41) is 3.80. The molecule has 1 aromatic carbocycles. The smallest absolute Gasteiger partial charge is 0.246 e. The molecule has 0 amide bonds. The first kappa shape index (κ1) is 11.7. The Morgan fingerprint density at radius 1 is 1.29 bits per heavy atom. The molecule has 1 heterocycles. The van der Waals surface area contributed by atoms with Gasteiger partial charge in [-0.1, -0.05) is 5.16 Å². The van der Waals surface area contributed by atoms with E-state index in [1.807, 2.05) is 0 Å². The number of hydrogen-bond donors (Lipinski definition) is 1. The van der Waals surface area contributed by atoms with Crippen molar-refractivity contribution in [3.8, 4) is 11.4 Å². The first-order chi connectivity index (χ1) is 7.86. The van der Waals surface area contributed by atoms with Crippen LogP contribution in [0.5, 0.6) is 0 Å². The third-order valence-corrected chi connectivity index (χ3v) is 2.28. The molecule has 17 heavy (non-hydrogen) atoms. The molecule has 4 nitrogen and oxygen atoms in total. The van der Waals surface area contributed by atoms with Crippen LogP contribution in [-0.2, 0) is 5.54 Å². The number of nitrogens with two attached hydrogens (primary N) is 1. The Morgan fingerprint density at radius 3 is 2.53 bits per heavy atom. The van der Waals surface area contributed by atoms with Crippen molar-refractivity contribution in [2.24, 2.45) is 5.73 Å². The minimum atomic E-state index is -0.701.